The highest BCUT2D eigenvalue weighted by Crippen LogP contribution is 2.41. The van der Waals surface area contributed by atoms with Crippen LogP contribution >= 0.6 is 0 Å². The highest BCUT2D eigenvalue weighted by molar-refractivity contribution is 5.41. The van der Waals surface area contributed by atoms with Crippen molar-refractivity contribution in [2.45, 2.75) is 31.4 Å². The fraction of sp³-hybridized carbons (Fsp3) is 0.500. The summed E-state index contributed by atoms with van der Waals surface area (Å²) in [4.78, 5) is 10.9. The molecule has 1 aliphatic carbocycles. The van der Waals surface area contributed by atoms with Gasteiger partial charge >= 0.3 is 0 Å². The van der Waals surface area contributed by atoms with Crippen LogP contribution in [0, 0.1) is 0 Å². The number of halogens is 1. The molecule has 16 heavy (non-hydrogen) atoms. The summed E-state index contributed by atoms with van der Waals surface area (Å²) in [6.07, 6.45) is 5.92. The first-order chi connectivity index (χ1) is 7.78. The van der Waals surface area contributed by atoms with E-state index >= 15 is 0 Å². The smallest absolute Gasteiger partial charge is 0.264 e. The van der Waals surface area contributed by atoms with E-state index in [9.17, 15) is 4.39 Å². The minimum Gasteiger partial charge on any atom is -0.342 e. The van der Waals surface area contributed by atoms with Crippen molar-refractivity contribution in [1.29, 1.82) is 0 Å². The van der Waals surface area contributed by atoms with Crippen LogP contribution in [0.3, 0.4) is 0 Å². The molecule has 0 atom stereocenters. The first-order valence-electron chi connectivity index (χ1n) is 5.31. The lowest BCUT2D eigenvalue weighted by Gasteiger charge is -2.11. The first-order valence-corrected chi connectivity index (χ1v) is 5.31. The van der Waals surface area contributed by atoms with Gasteiger partial charge in [-0.15, -0.1) is 0 Å². The van der Waals surface area contributed by atoms with Crippen molar-refractivity contribution in [3.63, 3.8) is 0 Å². The van der Waals surface area contributed by atoms with Crippen LogP contribution in [-0.4, -0.2) is 20.1 Å². The van der Waals surface area contributed by atoms with E-state index in [-0.39, 0.29) is 5.89 Å². The number of nitrogens with zero attached hydrogens (tertiary/aromatic N) is 3. The molecular weight excluding hydrogens is 211 g/mol. The van der Waals surface area contributed by atoms with Crippen LogP contribution in [0.1, 0.15) is 31.6 Å². The number of rotatable bonds is 2. The standard InChI is InChI=1S/C10H11FN4O/c11-10(3-1-2-4-10)9-14-8(15-16-9)7-12-5-6-13-7/h5-6H,1-4H2,(H,12,13). The predicted molar refractivity (Wildman–Crippen MR) is 53.1 cm³/mol. The fourth-order valence-corrected chi connectivity index (χ4v) is 2.04. The molecule has 0 aliphatic heterocycles. The quantitative estimate of drug-likeness (QED) is 0.845. The maximum Gasteiger partial charge on any atom is 0.264 e. The van der Waals surface area contributed by atoms with Crippen molar-refractivity contribution in [3.8, 4) is 11.6 Å². The average molecular weight is 222 g/mol. The van der Waals surface area contributed by atoms with E-state index in [0.29, 0.717) is 24.5 Å². The van der Waals surface area contributed by atoms with Crippen molar-refractivity contribution < 1.29 is 8.91 Å². The normalized spacial score (nSPS) is 19.1. The van der Waals surface area contributed by atoms with Gasteiger partial charge < -0.3 is 9.51 Å². The topological polar surface area (TPSA) is 67.6 Å². The Labute approximate surface area is 91.1 Å². The van der Waals surface area contributed by atoms with Crippen molar-refractivity contribution >= 4 is 0 Å². The Hall–Kier alpha value is -1.72. The van der Waals surface area contributed by atoms with Crippen LogP contribution < -0.4 is 0 Å². The van der Waals surface area contributed by atoms with Gasteiger partial charge in [-0.3, -0.25) is 0 Å². The summed E-state index contributed by atoms with van der Waals surface area (Å²) >= 11 is 0. The third-order valence-corrected chi connectivity index (χ3v) is 2.92. The zero-order valence-electron chi connectivity index (χ0n) is 8.61. The summed E-state index contributed by atoms with van der Waals surface area (Å²) in [6, 6.07) is 0. The molecule has 2 aromatic rings. The van der Waals surface area contributed by atoms with Gasteiger partial charge in [-0.1, -0.05) is 5.16 Å². The first kappa shape index (κ1) is 9.50. The minimum atomic E-state index is -1.43. The molecule has 0 amide bonds. The summed E-state index contributed by atoms with van der Waals surface area (Å²) < 4.78 is 19.3. The van der Waals surface area contributed by atoms with Crippen LogP contribution in [0.5, 0.6) is 0 Å². The van der Waals surface area contributed by atoms with E-state index in [0.717, 1.165) is 12.8 Å². The Bertz CT molecular complexity index is 473. The molecule has 3 rings (SSSR count). The van der Waals surface area contributed by atoms with E-state index in [2.05, 4.69) is 20.1 Å². The molecular formula is C10H11FN4O. The van der Waals surface area contributed by atoms with Gasteiger partial charge in [0.1, 0.15) is 0 Å². The zero-order valence-corrected chi connectivity index (χ0v) is 8.61. The van der Waals surface area contributed by atoms with Crippen LogP contribution in [0.15, 0.2) is 16.9 Å². The third kappa shape index (κ3) is 1.41. The summed E-state index contributed by atoms with van der Waals surface area (Å²) in [5.74, 6) is 0.886. The van der Waals surface area contributed by atoms with E-state index in [4.69, 9.17) is 4.52 Å². The SMILES string of the molecule is FC1(c2nc(-c3ncc[nH]3)no2)CCCC1. The molecule has 2 aromatic heterocycles. The number of nitrogens with one attached hydrogen (secondary N) is 1. The molecule has 2 heterocycles. The Kier molecular flexibility index (Phi) is 2.02. The second-order valence-corrected chi connectivity index (χ2v) is 4.03. The lowest BCUT2D eigenvalue weighted by molar-refractivity contribution is 0.118. The predicted octanol–water partition coefficient (Wildman–Crippen LogP) is 2.20. The molecule has 1 saturated carbocycles. The van der Waals surface area contributed by atoms with E-state index in [1.54, 1.807) is 12.4 Å². The highest BCUT2D eigenvalue weighted by atomic mass is 19.1. The van der Waals surface area contributed by atoms with Gasteiger partial charge in [-0.2, -0.15) is 4.98 Å². The number of aromatic amines is 1. The molecule has 0 aromatic carbocycles. The summed E-state index contributed by atoms with van der Waals surface area (Å²) in [5, 5.41) is 3.73. The van der Waals surface area contributed by atoms with Crippen LogP contribution in [0.2, 0.25) is 0 Å². The van der Waals surface area contributed by atoms with Crippen molar-refractivity contribution in [3.05, 3.63) is 18.3 Å². The van der Waals surface area contributed by atoms with Crippen LogP contribution in [0.25, 0.3) is 11.6 Å². The van der Waals surface area contributed by atoms with Gasteiger partial charge in [0, 0.05) is 12.4 Å². The Morgan fingerprint density at radius 3 is 2.88 bits per heavy atom. The number of imidazole rings is 1. The maximum atomic E-state index is 14.3. The van der Waals surface area contributed by atoms with Gasteiger partial charge in [0.25, 0.3) is 5.89 Å². The minimum absolute atomic E-state index is 0.0800. The van der Waals surface area contributed by atoms with Gasteiger partial charge in [0.05, 0.1) is 0 Å². The summed E-state index contributed by atoms with van der Waals surface area (Å²) in [5.41, 5.74) is -1.43. The number of alkyl halides is 1. The molecule has 5 nitrogen and oxygen atoms in total. The Morgan fingerprint density at radius 2 is 2.19 bits per heavy atom. The molecule has 6 heteroatoms. The van der Waals surface area contributed by atoms with E-state index < -0.39 is 5.67 Å². The van der Waals surface area contributed by atoms with Gasteiger partial charge in [-0.25, -0.2) is 9.37 Å². The van der Waals surface area contributed by atoms with Crippen molar-refractivity contribution in [2.24, 2.45) is 0 Å². The molecule has 0 saturated heterocycles. The van der Waals surface area contributed by atoms with E-state index in [1.807, 2.05) is 0 Å². The van der Waals surface area contributed by atoms with Gasteiger partial charge in [0.2, 0.25) is 5.82 Å². The molecule has 1 aliphatic rings. The molecule has 0 radical (unpaired) electrons. The third-order valence-electron chi connectivity index (χ3n) is 2.92. The van der Waals surface area contributed by atoms with Gasteiger partial charge in [0.15, 0.2) is 11.5 Å². The number of H-pyrrole nitrogens is 1. The largest absolute Gasteiger partial charge is 0.342 e. The van der Waals surface area contributed by atoms with Crippen LogP contribution in [-0.2, 0) is 5.67 Å². The molecule has 0 spiro atoms. The second kappa shape index (κ2) is 3.40. The lowest BCUT2D eigenvalue weighted by Crippen LogP contribution is -2.15. The molecule has 84 valence electrons. The summed E-state index contributed by atoms with van der Waals surface area (Å²) in [6.45, 7) is 0. The highest BCUT2D eigenvalue weighted by Gasteiger charge is 2.41. The van der Waals surface area contributed by atoms with Crippen molar-refractivity contribution in [1.82, 2.24) is 20.1 Å². The number of hydrogen-bond donors (Lipinski definition) is 1. The fourth-order valence-electron chi connectivity index (χ4n) is 2.04. The molecule has 0 bridgehead atoms. The molecule has 1 N–H and O–H groups in total. The molecule has 1 fully saturated rings. The Balaban J connectivity index is 1.93. The van der Waals surface area contributed by atoms with Gasteiger partial charge in [-0.05, 0) is 25.7 Å². The van der Waals surface area contributed by atoms with Crippen LogP contribution in [0.4, 0.5) is 4.39 Å². The Morgan fingerprint density at radius 1 is 1.38 bits per heavy atom. The monoisotopic (exact) mass is 222 g/mol. The van der Waals surface area contributed by atoms with Crippen molar-refractivity contribution in [2.75, 3.05) is 0 Å². The zero-order chi connectivity index (χ0) is 11.0. The van der Waals surface area contributed by atoms with E-state index in [1.165, 1.54) is 0 Å². The average Bonchev–Trinajstić information content (AvgIpc) is 2.98. The maximum absolute atomic E-state index is 14.3. The lowest BCUT2D eigenvalue weighted by atomic mass is 10.1. The number of hydrogen-bond acceptors (Lipinski definition) is 4. The molecule has 0 unspecified atom stereocenters. The second-order valence-electron chi connectivity index (χ2n) is 4.03. The number of aromatic nitrogens is 4. The summed E-state index contributed by atoms with van der Waals surface area (Å²) in [7, 11) is 0.